The molecule has 27 heavy (non-hydrogen) atoms. The molecular weight excluding hydrogens is 387 g/mol. The van der Waals surface area contributed by atoms with E-state index in [2.05, 4.69) is 85.7 Å². The Balaban J connectivity index is 1.99. The van der Waals surface area contributed by atoms with Crippen molar-refractivity contribution in [1.29, 1.82) is 5.26 Å². The Labute approximate surface area is 165 Å². The van der Waals surface area contributed by atoms with Gasteiger partial charge < -0.3 is 0 Å². The second-order valence-electron chi connectivity index (χ2n) is 8.65. The van der Waals surface area contributed by atoms with E-state index in [0.717, 1.165) is 12.0 Å². The summed E-state index contributed by atoms with van der Waals surface area (Å²) in [6, 6.07) is 20.2. The number of aryl methyl sites for hydroxylation is 2. The Hall–Kier alpha value is -2.31. The van der Waals surface area contributed by atoms with Crippen molar-refractivity contribution >= 4 is 17.7 Å². The molecule has 0 saturated carbocycles. The van der Waals surface area contributed by atoms with Gasteiger partial charge in [-0.05, 0) is 0 Å². The Kier molecular flexibility index (Phi) is 4.28. The van der Waals surface area contributed by atoms with Crippen molar-refractivity contribution in [3.63, 3.8) is 0 Å². The van der Waals surface area contributed by atoms with E-state index in [1.807, 2.05) is 0 Å². The van der Waals surface area contributed by atoms with E-state index in [1.54, 1.807) is 0 Å². The summed E-state index contributed by atoms with van der Waals surface area (Å²) in [7, 11) is 0. The van der Waals surface area contributed by atoms with Gasteiger partial charge in [0.15, 0.2) is 0 Å². The van der Waals surface area contributed by atoms with Crippen molar-refractivity contribution in [1.82, 2.24) is 0 Å². The number of nitriles is 1. The van der Waals surface area contributed by atoms with Gasteiger partial charge in [-0.2, -0.15) is 0 Å². The van der Waals surface area contributed by atoms with E-state index < -0.39 is 13.3 Å². The number of fused-ring (bicyclic) bond motifs is 3. The number of rotatable bonds is 2. The molecule has 134 valence electrons. The Bertz CT molecular complexity index is 1110. The van der Waals surface area contributed by atoms with Gasteiger partial charge in [-0.3, -0.25) is 0 Å². The fourth-order valence-corrected chi connectivity index (χ4v) is 7.67. The van der Waals surface area contributed by atoms with E-state index >= 15 is 0 Å². The van der Waals surface area contributed by atoms with E-state index in [1.165, 1.54) is 48.9 Å². The van der Waals surface area contributed by atoms with Crippen LogP contribution in [0.5, 0.6) is 0 Å². The molecule has 0 unspecified atom stereocenters. The third-order valence-electron chi connectivity index (χ3n) is 5.81. The van der Waals surface area contributed by atoms with Crippen LogP contribution in [0.3, 0.4) is 0 Å². The minimum atomic E-state index is -2.10. The van der Waals surface area contributed by atoms with Gasteiger partial charge in [0.05, 0.1) is 0 Å². The van der Waals surface area contributed by atoms with E-state index in [0.29, 0.717) is 0 Å². The summed E-state index contributed by atoms with van der Waals surface area (Å²) in [5, 5.41) is 9.99. The van der Waals surface area contributed by atoms with Gasteiger partial charge in [0.2, 0.25) is 0 Å². The van der Waals surface area contributed by atoms with E-state index in [9.17, 15) is 5.26 Å². The molecule has 0 saturated heterocycles. The number of hydrogen-bond donors (Lipinski definition) is 0. The first-order valence-electron chi connectivity index (χ1n) is 9.58. The maximum atomic E-state index is 9.99. The second-order valence-corrected chi connectivity index (χ2v) is 19.2. The number of hydrogen-bond acceptors (Lipinski definition) is 1. The van der Waals surface area contributed by atoms with Crippen LogP contribution in [-0.4, -0.2) is 13.3 Å². The van der Waals surface area contributed by atoms with Gasteiger partial charge in [0.25, 0.3) is 0 Å². The molecule has 0 aromatic heterocycles. The molecule has 1 aliphatic rings. The van der Waals surface area contributed by atoms with Crippen LogP contribution in [0.1, 0.15) is 27.8 Å². The van der Waals surface area contributed by atoms with Gasteiger partial charge in [-0.25, -0.2) is 0 Å². The van der Waals surface area contributed by atoms with E-state index in [-0.39, 0.29) is 0 Å². The number of nitrogens with zero attached hydrogens (tertiary/aromatic N) is 1. The normalized spacial score (nSPS) is 12.4. The summed E-state index contributed by atoms with van der Waals surface area (Å²) < 4.78 is 1.33. The molecule has 1 nitrogen and oxygen atoms in total. The first kappa shape index (κ1) is 18.1. The van der Waals surface area contributed by atoms with Crippen molar-refractivity contribution in [2.45, 2.75) is 37.5 Å². The van der Waals surface area contributed by atoms with Gasteiger partial charge in [-0.1, -0.05) is 0 Å². The summed E-state index contributed by atoms with van der Waals surface area (Å²) >= 11 is -2.10. The van der Waals surface area contributed by atoms with Gasteiger partial charge in [0, 0.05) is 0 Å². The molecule has 0 radical (unpaired) electrons. The molecule has 0 atom stereocenters. The van der Waals surface area contributed by atoms with Crippen molar-refractivity contribution < 1.29 is 0 Å². The Morgan fingerprint density at radius 2 is 1.44 bits per heavy atom. The fraction of sp³-hybridized carbons (Fsp3) is 0.240. The Morgan fingerprint density at radius 1 is 0.778 bits per heavy atom. The summed E-state index contributed by atoms with van der Waals surface area (Å²) in [6.07, 6.45) is 0.866. The molecule has 3 aromatic carbocycles. The quantitative estimate of drug-likeness (QED) is 0.373. The molecule has 1 aliphatic carbocycles. The molecule has 3 aromatic rings. The summed E-state index contributed by atoms with van der Waals surface area (Å²) in [5.41, 5.74) is 11.4. The Morgan fingerprint density at radius 3 is 2.11 bits per heavy atom. The zero-order valence-electron chi connectivity index (χ0n) is 16.8. The first-order valence-corrected chi connectivity index (χ1v) is 16.9. The van der Waals surface area contributed by atoms with Crippen LogP contribution in [-0.2, 0) is 6.42 Å². The average molecular weight is 412 g/mol. The molecule has 0 fully saturated rings. The predicted molar refractivity (Wildman–Crippen MR) is 117 cm³/mol. The third kappa shape index (κ3) is 2.84. The molecule has 0 aliphatic heterocycles. The van der Waals surface area contributed by atoms with Crippen molar-refractivity contribution in [2.75, 3.05) is 0 Å². The summed E-state index contributed by atoms with van der Waals surface area (Å²) in [5.74, 6) is 7.11. The third-order valence-corrected chi connectivity index (χ3v) is 10.1. The standard InChI is InChI=1S/C25H25GeN/c1-16-8-6-7-9-18(16)25-17(2)10-11-20-19-12-13-24(26(3,4)5)23(15-27)21(19)14-22(20)25/h6-13H,14H2,1-5H3. The number of benzene rings is 3. The molecule has 0 amide bonds. The molecule has 0 spiro atoms. The zero-order valence-corrected chi connectivity index (χ0v) is 18.9. The average Bonchev–Trinajstić information content (AvgIpc) is 2.99. The van der Waals surface area contributed by atoms with Crippen LogP contribution < -0.4 is 4.40 Å². The first-order chi connectivity index (χ1) is 12.8. The second kappa shape index (κ2) is 6.39. The fourth-order valence-electron chi connectivity index (χ4n) is 4.44. The molecule has 0 bridgehead atoms. The van der Waals surface area contributed by atoms with Crippen LogP contribution in [0, 0.1) is 25.2 Å². The predicted octanol–water partition coefficient (Wildman–Crippen LogP) is 5.96. The summed E-state index contributed by atoms with van der Waals surface area (Å²) in [4.78, 5) is 0. The zero-order chi connectivity index (χ0) is 19.3. The van der Waals surface area contributed by atoms with Gasteiger partial charge >= 0.3 is 165 Å². The SMILES string of the molecule is Cc1ccccc1-c1c(C)ccc2c1Cc1c-2cc[c]([Ge]([CH3])([CH3])[CH3])c1C#N. The van der Waals surface area contributed by atoms with Crippen LogP contribution in [0.4, 0.5) is 0 Å². The summed E-state index contributed by atoms with van der Waals surface area (Å²) in [6.45, 7) is 4.38. The molecule has 2 heteroatoms. The van der Waals surface area contributed by atoms with Crippen molar-refractivity contribution in [3.05, 3.63) is 76.3 Å². The van der Waals surface area contributed by atoms with Gasteiger partial charge in [-0.15, -0.1) is 0 Å². The topological polar surface area (TPSA) is 23.8 Å². The monoisotopic (exact) mass is 413 g/mol. The van der Waals surface area contributed by atoms with Gasteiger partial charge in [0.1, 0.15) is 0 Å². The molecule has 0 heterocycles. The molecule has 0 N–H and O–H groups in total. The van der Waals surface area contributed by atoms with E-state index in [4.69, 9.17) is 0 Å². The van der Waals surface area contributed by atoms with Crippen LogP contribution in [0.15, 0.2) is 48.5 Å². The van der Waals surface area contributed by atoms with Crippen molar-refractivity contribution in [3.8, 4) is 28.3 Å². The molecule has 4 rings (SSSR count). The van der Waals surface area contributed by atoms with Crippen molar-refractivity contribution in [2.24, 2.45) is 0 Å². The molecular formula is C25H25GeN. The van der Waals surface area contributed by atoms with Crippen LogP contribution in [0.25, 0.3) is 22.3 Å². The maximum absolute atomic E-state index is 9.99. The minimum absolute atomic E-state index is 0.866. The van der Waals surface area contributed by atoms with Crippen LogP contribution >= 0.6 is 0 Å². The van der Waals surface area contributed by atoms with Crippen LogP contribution in [0.2, 0.25) is 17.3 Å².